The number of nitro groups is 3. The first-order valence-electron chi connectivity index (χ1n) is 6.39. The largest absolute Gasteiger partial charge is 0.322 e. The summed E-state index contributed by atoms with van der Waals surface area (Å²) < 4.78 is 0. The maximum Gasteiger partial charge on any atom is 0.295 e. The molecule has 1 amide bonds. The molecule has 2 aromatic rings. The summed E-state index contributed by atoms with van der Waals surface area (Å²) in [5.74, 6) is -0.927. The molecule has 12 heteroatoms. The van der Waals surface area contributed by atoms with Crippen LogP contribution in [0.3, 0.4) is 0 Å². The lowest BCUT2D eigenvalue weighted by molar-refractivity contribution is -0.393. The second-order valence-corrected chi connectivity index (χ2v) is 4.98. The normalized spacial score (nSPS) is 10.1. The number of anilines is 1. The number of hydrogen-bond acceptors (Lipinski definition) is 7. The van der Waals surface area contributed by atoms with Crippen molar-refractivity contribution in [2.45, 2.75) is 0 Å². The van der Waals surface area contributed by atoms with Crippen molar-refractivity contribution in [2.24, 2.45) is 0 Å². The van der Waals surface area contributed by atoms with Crippen LogP contribution in [0.15, 0.2) is 36.4 Å². The summed E-state index contributed by atoms with van der Waals surface area (Å²) in [4.78, 5) is 42.2. The van der Waals surface area contributed by atoms with Crippen LogP contribution in [0, 0.1) is 30.3 Å². The van der Waals surface area contributed by atoms with Gasteiger partial charge in [-0.15, -0.1) is 0 Å². The fourth-order valence-corrected chi connectivity index (χ4v) is 2.14. The van der Waals surface area contributed by atoms with Crippen molar-refractivity contribution in [3.05, 3.63) is 77.3 Å². The first-order chi connectivity index (χ1) is 11.7. The molecule has 0 aliphatic carbocycles. The van der Waals surface area contributed by atoms with Crippen LogP contribution in [0.4, 0.5) is 22.7 Å². The number of benzene rings is 2. The smallest absolute Gasteiger partial charge is 0.295 e. The molecule has 128 valence electrons. The highest BCUT2D eigenvalue weighted by atomic mass is 35.5. The van der Waals surface area contributed by atoms with Crippen molar-refractivity contribution in [1.82, 2.24) is 0 Å². The monoisotopic (exact) mass is 366 g/mol. The molecule has 0 bridgehead atoms. The van der Waals surface area contributed by atoms with Gasteiger partial charge in [-0.1, -0.05) is 17.7 Å². The Morgan fingerprint density at radius 1 is 0.920 bits per heavy atom. The lowest BCUT2D eigenvalue weighted by Gasteiger charge is -2.06. The highest BCUT2D eigenvalue weighted by Crippen LogP contribution is 2.35. The SMILES string of the molecule is O=C(Nc1cccc([N+](=O)[O-])c1)c1cc([N+](=O)[O-])c(Cl)c([N+](=O)[O-])c1. The highest BCUT2D eigenvalue weighted by molar-refractivity contribution is 6.35. The van der Waals surface area contributed by atoms with Crippen LogP contribution < -0.4 is 5.32 Å². The summed E-state index contributed by atoms with van der Waals surface area (Å²) >= 11 is 5.60. The lowest BCUT2D eigenvalue weighted by atomic mass is 10.1. The fourth-order valence-electron chi connectivity index (χ4n) is 1.89. The van der Waals surface area contributed by atoms with Crippen LogP contribution in [0.1, 0.15) is 10.4 Å². The van der Waals surface area contributed by atoms with Crippen molar-refractivity contribution in [2.75, 3.05) is 5.32 Å². The Hall–Kier alpha value is -3.60. The molecule has 0 spiro atoms. The third kappa shape index (κ3) is 3.84. The molecule has 0 aliphatic rings. The molecular weight excluding hydrogens is 360 g/mol. The number of nitrogens with zero attached hydrogens (tertiary/aromatic N) is 3. The fraction of sp³-hybridized carbons (Fsp3) is 0. The van der Waals surface area contributed by atoms with E-state index in [1.54, 1.807) is 0 Å². The molecule has 25 heavy (non-hydrogen) atoms. The van der Waals surface area contributed by atoms with Gasteiger partial charge >= 0.3 is 0 Å². The Labute approximate surface area is 143 Å². The molecule has 0 atom stereocenters. The molecule has 0 radical (unpaired) electrons. The predicted octanol–water partition coefficient (Wildman–Crippen LogP) is 3.32. The Kier molecular flexibility index (Phi) is 4.89. The molecule has 2 rings (SSSR count). The minimum atomic E-state index is -0.959. The average Bonchev–Trinajstić information content (AvgIpc) is 2.54. The van der Waals surface area contributed by atoms with Crippen molar-refractivity contribution < 1.29 is 19.6 Å². The number of carbonyl (C=O) groups excluding carboxylic acids is 1. The van der Waals surface area contributed by atoms with Crippen molar-refractivity contribution in [3.63, 3.8) is 0 Å². The Balaban J connectivity index is 2.42. The van der Waals surface area contributed by atoms with Crippen molar-refractivity contribution in [1.29, 1.82) is 0 Å². The number of non-ortho nitro benzene ring substituents is 1. The molecule has 0 unspecified atom stereocenters. The van der Waals surface area contributed by atoms with Gasteiger partial charge in [-0.25, -0.2) is 0 Å². The quantitative estimate of drug-likeness (QED) is 0.627. The molecule has 2 aromatic carbocycles. The lowest BCUT2D eigenvalue weighted by Crippen LogP contribution is -2.13. The first kappa shape index (κ1) is 17.7. The van der Waals surface area contributed by atoms with Gasteiger partial charge < -0.3 is 5.32 Å². The number of nitrogens with one attached hydrogen (secondary N) is 1. The minimum absolute atomic E-state index is 0.0412. The van der Waals surface area contributed by atoms with Gasteiger partial charge in [-0.2, -0.15) is 0 Å². The van der Waals surface area contributed by atoms with Gasteiger partial charge in [-0.3, -0.25) is 35.1 Å². The highest BCUT2D eigenvalue weighted by Gasteiger charge is 2.27. The number of amides is 1. The van der Waals surface area contributed by atoms with Gasteiger partial charge in [0.25, 0.3) is 23.0 Å². The van der Waals surface area contributed by atoms with E-state index in [4.69, 9.17) is 11.6 Å². The molecule has 0 saturated heterocycles. The number of carbonyl (C=O) groups is 1. The minimum Gasteiger partial charge on any atom is -0.322 e. The van der Waals surface area contributed by atoms with E-state index in [-0.39, 0.29) is 11.4 Å². The second kappa shape index (κ2) is 6.88. The third-order valence-electron chi connectivity index (χ3n) is 3.00. The van der Waals surface area contributed by atoms with Crippen LogP contribution in [0.5, 0.6) is 0 Å². The van der Waals surface area contributed by atoms with E-state index in [1.807, 2.05) is 0 Å². The maximum absolute atomic E-state index is 12.2. The van der Waals surface area contributed by atoms with E-state index >= 15 is 0 Å². The van der Waals surface area contributed by atoms with Crippen LogP contribution in [-0.2, 0) is 0 Å². The molecule has 0 aliphatic heterocycles. The Morgan fingerprint density at radius 3 is 1.96 bits per heavy atom. The van der Waals surface area contributed by atoms with E-state index in [1.165, 1.54) is 18.2 Å². The van der Waals surface area contributed by atoms with Gasteiger partial charge in [0.2, 0.25) is 0 Å². The first-order valence-corrected chi connectivity index (χ1v) is 6.76. The van der Waals surface area contributed by atoms with Gasteiger partial charge in [-0.05, 0) is 6.07 Å². The van der Waals surface area contributed by atoms with E-state index < -0.39 is 42.6 Å². The molecule has 0 saturated carbocycles. The number of hydrogen-bond donors (Lipinski definition) is 1. The molecule has 0 aromatic heterocycles. The molecule has 0 fully saturated rings. The van der Waals surface area contributed by atoms with E-state index in [0.717, 1.165) is 18.2 Å². The maximum atomic E-state index is 12.2. The summed E-state index contributed by atoms with van der Waals surface area (Å²) in [7, 11) is 0. The molecule has 11 nitrogen and oxygen atoms in total. The zero-order valence-corrected chi connectivity index (χ0v) is 12.8. The average molecular weight is 367 g/mol. The molecule has 1 N–H and O–H groups in total. The number of rotatable bonds is 5. The number of halogens is 1. The standard InChI is InChI=1S/C13H7ClN4O7/c14-12-10(17(22)23)4-7(5-11(12)18(24)25)13(19)15-8-2-1-3-9(6-8)16(20)21/h1-6H,(H,15,19). The van der Waals surface area contributed by atoms with Crippen molar-refractivity contribution >= 4 is 40.3 Å². The van der Waals surface area contributed by atoms with Gasteiger partial charge in [0.1, 0.15) is 0 Å². The summed E-state index contributed by atoms with van der Waals surface area (Å²) in [6.45, 7) is 0. The van der Waals surface area contributed by atoms with Crippen LogP contribution in [0.25, 0.3) is 0 Å². The Morgan fingerprint density at radius 2 is 1.48 bits per heavy atom. The van der Waals surface area contributed by atoms with Gasteiger partial charge in [0.15, 0.2) is 5.02 Å². The van der Waals surface area contributed by atoms with Crippen LogP contribution in [-0.4, -0.2) is 20.7 Å². The number of nitro benzene ring substituents is 3. The second-order valence-electron chi connectivity index (χ2n) is 4.60. The summed E-state index contributed by atoms with van der Waals surface area (Å²) in [6, 6.07) is 6.50. The van der Waals surface area contributed by atoms with Crippen LogP contribution in [0.2, 0.25) is 5.02 Å². The van der Waals surface area contributed by atoms with Gasteiger partial charge in [0.05, 0.1) is 20.3 Å². The Bertz CT molecular complexity index is 880. The topological polar surface area (TPSA) is 159 Å². The summed E-state index contributed by atoms with van der Waals surface area (Å²) in [5.41, 5.74) is -2.25. The molecular formula is C13H7ClN4O7. The zero-order valence-electron chi connectivity index (χ0n) is 12.0. The zero-order chi connectivity index (χ0) is 18.7. The van der Waals surface area contributed by atoms with E-state index in [0.29, 0.717) is 0 Å². The molecule has 0 heterocycles. The summed E-state index contributed by atoms with van der Waals surface area (Å²) in [6.07, 6.45) is 0. The van der Waals surface area contributed by atoms with Gasteiger partial charge in [0, 0.05) is 30.0 Å². The van der Waals surface area contributed by atoms with E-state index in [9.17, 15) is 35.1 Å². The van der Waals surface area contributed by atoms with Crippen molar-refractivity contribution in [3.8, 4) is 0 Å². The third-order valence-corrected chi connectivity index (χ3v) is 3.39. The van der Waals surface area contributed by atoms with Crippen LogP contribution >= 0.6 is 11.6 Å². The van der Waals surface area contributed by atoms with E-state index in [2.05, 4.69) is 5.32 Å². The predicted molar refractivity (Wildman–Crippen MR) is 85.8 cm³/mol. The summed E-state index contributed by atoms with van der Waals surface area (Å²) in [5, 5.41) is 34.2.